The molecule has 0 aromatic carbocycles. The number of unbranched alkanes of at least 4 members (excludes halogenated alkanes) is 2. The summed E-state index contributed by atoms with van der Waals surface area (Å²) in [5.41, 5.74) is 0. The van der Waals surface area contributed by atoms with Crippen LogP contribution in [0.25, 0.3) is 0 Å². The van der Waals surface area contributed by atoms with Crippen LogP contribution in [-0.4, -0.2) is 60.1 Å². The number of aromatic nitrogens is 2. The Labute approximate surface area is 155 Å². The molecule has 0 saturated carbocycles. The molecular formula is C18H31N3O5. The van der Waals surface area contributed by atoms with Crippen LogP contribution >= 0.6 is 0 Å². The van der Waals surface area contributed by atoms with Crippen molar-refractivity contribution in [3.63, 3.8) is 0 Å². The zero-order valence-electron chi connectivity index (χ0n) is 15.9. The summed E-state index contributed by atoms with van der Waals surface area (Å²) < 4.78 is 16.2. The lowest BCUT2D eigenvalue weighted by Gasteiger charge is -2.21. The number of rotatable bonds is 12. The molecule has 1 aliphatic heterocycles. The van der Waals surface area contributed by atoms with Crippen LogP contribution in [0.15, 0.2) is 12.4 Å². The standard InChI is InChI=1S/C18H31N3O5/c1-3-5-9-20(10-6-4-2)18(22)26-16-14-19-21(15-16)25-11-7-8-17-23-12-13-24-17/h14-15,17H,3-13H2,1-2H3. The highest BCUT2D eigenvalue weighted by Gasteiger charge is 2.17. The number of carbonyl (C=O) groups excluding carboxylic acids is 1. The SMILES string of the molecule is CCCCN(CCCC)C(=O)Oc1cnn(OCCCC2OCCO2)c1. The minimum atomic E-state index is -0.331. The first-order chi connectivity index (χ1) is 12.7. The number of hydrogen-bond donors (Lipinski definition) is 0. The number of carbonyl (C=O) groups is 1. The molecule has 0 radical (unpaired) electrons. The normalized spacial score (nSPS) is 14.5. The molecule has 1 aromatic heterocycles. The molecule has 1 aromatic rings. The number of amides is 1. The summed E-state index contributed by atoms with van der Waals surface area (Å²) >= 11 is 0. The third-order valence-electron chi connectivity index (χ3n) is 4.06. The summed E-state index contributed by atoms with van der Waals surface area (Å²) in [7, 11) is 0. The topological polar surface area (TPSA) is 75.1 Å². The van der Waals surface area contributed by atoms with Gasteiger partial charge < -0.3 is 23.9 Å². The largest absolute Gasteiger partial charge is 0.415 e. The first-order valence-electron chi connectivity index (χ1n) is 9.60. The molecule has 0 aliphatic carbocycles. The molecule has 1 amide bonds. The highest BCUT2D eigenvalue weighted by atomic mass is 16.7. The number of nitrogens with zero attached hydrogens (tertiary/aromatic N) is 3. The van der Waals surface area contributed by atoms with Gasteiger partial charge in [-0.25, -0.2) is 4.79 Å². The van der Waals surface area contributed by atoms with Gasteiger partial charge in [-0.3, -0.25) is 0 Å². The Hall–Kier alpha value is -1.80. The van der Waals surface area contributed by atoms with Crippen molar-refractivity contribution in [2.24, 2.45) is 0 Å². The third-order valence-corrected chi connectivity index (χ3v) is 4.06. The van der Waals surface area contributed by atoms with Crippen molar-refractivity contribution in [2.45, 2.75) is 58.7 Å². The summed E-state index contributed by atoms with van der Waals surface area (Å²) in [6.45, 7) is 7.44. The highest BCUT2D eigenvalue weighted by molar-refractivity contribution is 5.70. The van der Waals surface area contributed by atoms with Gasteiger partial charge in [0.25, 0.3) is 0 Å². The second kappa shape index (κ2) is 11.7. The van der Waals surface area contributed by atoms with Crippen LogP contribution in [0.2, 0.25) is 0 Å². The van der Waals surface area contributed by atoms with Gasteiger partial charge in [0.1, 0.15) is 12.8 Å². The van der Waals surface area contributed by atoms with Gasteiger partial charge in [0.2, 0.25) is 0 Å². The molecule has 148 valence electrons. The number of hydrogen-bond acceptors (Lipinski definition) is 6. The van der Waals surface area contributed by atoms with Gasteiger partial charge in [0.05, 0.1) is 19.4 Å². The van der Waals surface area contributed by atoms with Gasteiger partial charge >= 0.3 is 6.09 Å². The molecule has 0 atom stereocenters. The second-order valence-electron chi connectivity index (χ2n) is 6.29. The molecule has 2 heterocycles. The van der Waals surface area contributed by atoms with Gasteiger partial charge in [0.15, 0.2) is 12.0 Å². The molecular weight excluding hydrogens is 338 g/mol. The Kier molecular flexibility index (Phi) is 9.27. The quantitative estimate of drug-likeness (QED) is 0.528. The third kappa shape index (κ3) is 7.21. The minimum Gasteiger partial charge on any atom is -0.407 e. The summed E-state index contributed by atoms with van der Waals surface area (Å²) in [4.78, 5) is 20.9. The van der Waals surface area contributed by atoms with Crippen molar-refractivity contribution in [1.29, 1.82) is 0 Å². The maximum atomic E-state index is 12.3. The van der Waals surface area contributed by atoms with Crippen LogP contribution < -0.4 is 9.57 Å². The maximum absolute atomic E-state index is 12.3. The molecule has 8 nitrogen and oxygen atoms in total. The monoisotopic (exact) mass is 369 g/mol. The molecule has 0 N–H and O–H groups in total. The fourth-order valence-corrected chi connectivity index (χ4v) is 2.55. The molecule has 8 heteroatoms. The predicted molar refractivity (Wildman–Crippen MR) is 96.0 cm³/mol. The van der Waals surface area contributed by atoms with Crippen LogP contribution in [-0.2, 0) is 9.47 Å². The first kappa shape index (κ1) is 20.5. The van der Waals surface area contributed by atoms with E-state index in [9.17, 15) is 4.79 Å². The summed E-state index contributed by atoms with van der Waals surface area (Å²) in [5.74, 6) is 0.385. The molecule has 0 bridgehead atoms. The second-order valence-corrected chi connectivity index (χ2v) is 6.29. The minimum absolute atomic E-state index is 0.120. The average Bonchev–Trinajstić information content (AvgIpc) is 3.31. The Morgan fingerprint density at radius 3 is 2.58 bits per heavy atom. The van der Waals surface area contributed by atoms with E-state index in [1.165, 1.54) is 11.0 Å². The summed E-state index contributed by atoms with van der Waals surface area (Å²) in [5, 5.41) is 4.06. The van der Waals surface area contributed by atoms with Gasteiger partial charge in [-0.1, -0.05) is 26.7 Å². The Balaban J connectivity index is 1.71. The van der Waals surface area contributed by atoms with E-state index in [2.05, 4.69) is 18.9 Å². The van der Waals surface area contributed by atoms with Crippen LogP contribution in [0.4, 0.5) is 4.79 Å². The van der Waals surface area contributed by atoms with Gasteiger partial charge in [-0.2, -0.15) is 0 Å². The van der Waals surface area contributed by atoms with E-state index in [0.717, 1.165) is 38.5 Å². The molecule has 26 heavy (non-hydrogen) atoms. The number of ether oxygens (including phenoxy) is 3. The van der Waals surface area contributed by atoms with Crippen molar-refractivity contribution in [2.75, 3.05) is 32.9 Å². The molecule has 1 saturated heterocycles. The Morgan fingerprint density at radius 2 is 1.92 bits per heavy atom. The van der Waals surface area contributed by atoms with Crippen molar-refractivity contribution in [1.82, 2.24) is 14.8 Å². The molecule has 2 rings (SSSR count). The fourth-order valence-electron chi connectivity index (χ4n) is 2.55. The van der Waals surface area contributed by atoms with Crippen molar-refractivity contribution >= 4 is 6.09 Å². The van der Waals surface area contributed by atoms with Gasteiger partial charge in [-0.15, -0.1) is 9.94 Å². The van der Waals surface area contributed by atoms with E-state index < -0.39 is 0 Å². The molecule has 0 spiro atoms. The van der Waals surface area contributed by atoms with Crippen LogP contribution in [0.1, 0.15) is 52.4 Å². The van der Waals surface area contributed by atoms with E-state index in [1.54, 1.807) is 11.1 Å². The molecule has 1 fully saturated rings. The zero-order chi connectivity index (χ0) is 18.6. The Bertz CT molecular complexity index is 509. The Morgan fingerprint density at radius 1 is 1.23 bits per heavy atom. The maximum Gasteiger partial charge on any atom is 0.415 e. The summed E-state index contributed by atoms with van der Waals surface area (Å²) in [6.07, 6.45) is 8.19. The summed E-state index contributed by atoms with van der Waals surface area (Å²) in [6, 6.07) is 0. The lowest BCUT2D eigenvalue weighted by Crippen LogP contribution is -2.35. The van der Waals surface area contributed by atoms with E-state index in [-0.39, 0.29) is 12.4 Å². The van der Waals surface area contributed by atoms with Gasteiger partial charge in [0, 0.05) is 19.5 Å². The van der Waals surface area contributed by atoms with E-state index in [0.29, 0.717) is 38.7 Å². The van der Waals surface area contributed by atoms with Crippen LogP contribution in [0.5, 0.6) is 5.75 Å². The van der Waals surface area contributed by atoms with Crippen LogP contribution in [0.3, 0.4) is 0 Å². The molecule has 0 unspecified atom stereocenters. The average molecular weight is 369 g/mol. The van der Waals surface area contributed by atoms with Crippen molar-refractivity contribution in [3.05, 3.63) is 12.4 Å². The highest BCUT2D eigenvalue weighted by Crippen LogP contribution is 2.12. The lowest BCUT2D eigenvalue weighted by atomic mass is 10.3. The van der Waals surface area contributed by atoms with E-state index in [4.69, 9.17) is 19.0 Å². The fraction of sp³-hybridized carbons (Fsp3) is 0.778. The zero-order valence-corrected chi connectivity index (χ0v) is 15.9. The predicted octanol–water partition coefficient (Wildman–Crippen LogP) is 2.87. The first-order valence-corrected chi connectivity index (χ1v) is 9.60. The van der Waals surface area contributed by atoms with Crippen LogP contribution in [0, 0.1) is 0 Å². The van der Waals surface area contributed by atoms with Crippen molar-refractivity contribution < 1.29 is 23.8 Å². The smallest absolute Gasteiger partial charge is 0.407 e. The van der Waals surface area contributed by atoms with Gasteiger partial charge in [-0.05, 0) is 19.3 Å². The van der Waals surface area contributed by atoms with E-state index in [1.807, 2.05) is 0 Å². The molecule has 1 aliphatic rings. The van der Waals surface area contributed by atoms with E-state index >= 15 is 0 Å². The van der Waals surface area contributed by atoms with Crippen molar-refractivity contribution in [3.8, 4) is 5.75 Å². The lowest BCUT2D eigenvalue weighted by molar-refractivity contribution is -0.0527.